The summed E-state index contributed by atoms with van der Waals surface area (Å²) >= 11 is 0. The van der Waals surface area contributed by atoms with Crippen LogP contribution in [0.3, 0.4) is 0 Å². The van der Waals surface area contributed by atoms with Crippen LogP contribution in [-0.4, -0.2) is 21.3 Å². The van der Waals surface area contributed by atoms with Crippen molar-refractivity contribution in [2.45, 2.75) is 0 Å². The fourth-order valence-electron chi connectivity index (χ4n) is 1.13. The number of nitrogens with zero attached hydrogens (tertiary/aromatic N) is 2. The van der Waals surface area contributed by atoms with E-state index in [4.69, 9.17) is 5.11 Å². The Kier molecular flexibility index (Phi) is 1.66. The van der Waals surface area contributed by atoms with E-state index in [1.165, 1.54) is 0 Å². The summed E-state index contributed by atoms with van der Waals surface area (Å²) in [5, 5.41) is 17.7. The molecule has 2 rings (SSSR count). The molecule has 0 amide bonds. The summed E-state index contributed by atoms with van der Waals surface area (Å²) in [7, 11) is 0. The minimum Gasteiger partial charge on any atom is -0.478 e. The molecule has 1 aromatic carbocycles. The molecule has 0 fully saturated rings. The van der Waals surface area contributed by atoms with Crippen LogP contribution in [0.4, 0.5) is 0 Å². The molecular formula is C9H6N2O2. The quantitative estimate of drug-likeness (QED) is 0.708. The van der Waals surface area contributed by atoms with Crippen molar-refractivity contribution < 1.29 is 9.90 Å². The standard InChI is InChI=1S/C9H6N2O2/c12-9(13)6-1-2-7-4-10-11-5-8(7)3-6/h1-5H,(H,12,13). The zero-order valence-corrected chi connectivity index (χ0v) is 6.64. The summed E-state index contributed by atoms with van der Waals surface area (Å²) in [6.45, 7) is 0. The molecule has 2 aromatic rings. The zero-order valence-electron chi connectivity index (χ0n) is 6.64. The summed E-state index contributed by atoms with van der Waals surface area (Å²) in [6, 6.07) is 4.84. The summed E-state index contributed by atoms with van der Waals surface area (Å²) in [5.74, 6) is -0.932. The molecule has 0 spiro atoms. The summed E-state index contributed by atoms with van der Waals surface area (Å²) < 4.78 is 0. The molecule has 0 aliphatic carbocycles. The number of carboxylic acid groups (broad SMARTS) is 1. The van der Waals surface area contributed by atoms with Crippen LogP contribution in [0, 0.1) is 0 Å². The SMILES string of the molecule is O=C(O)c1ccc2cnncc2c1. The Hall–Kier alpha value is -1.97. The number of hydrogen-bond acceptors (Lipinski definition) is 3. The fourth-order valence-corrected chi connectivity index (χ4v) is 1.13. The maximum absolute atomic E-state index is 10.6. The molecule has 1 N–H and O–H groups in total. The van der Waals surface area contributed by atoms with Gasteiger partial charge in [0.25, 0.3) is 0 Å². The number of benzene rings is 1. The number of hydrogen-bond donors (Lipinski definition) is 1. The van der Waals surface area contributed by atoms with Crippen LogP contribution in [0.15, 0.2) is 30.6 Å². The minimum absolute atomic E-state index is 0.264. The Morgan fingerprint density at radius 2 is 1.85 bits per heavy atom. The van der Waals surface area contributed by atoms with Gasteiger partial charge in [-0.2, -0.15) is 10.2 Å². The molecule has 64 valence electrons. The first-order chi connectivity index (χ1) is 6.27. The molecule has 0 bridgehead atoms. The van der Waals surface area contributed by atoms with Crippen LogP contribution >= 0.6 is 0 Å². The monoisotopic (exact) mass is 174 g/mol. The van der Waals surface area contributed by atoms with Gasteiger partial charge in [-0.15, -0.1) is 0 Å². The number of carboxylic acids is 1. The summed E-state index contributed by atoms with van der Waals surface area (Å²) in [4.78, 5) is 10.6. The van der Waals surface area contributed by atoms with Crippen LogP contribution in [0.2, 0.25) is 0 Å². The van der Waals surface area contributed by atoms with Gasteiger partial charge in [-0.1, -0.05) is 6.07 Å². The third-order valence-electron chi connectivity index (χ3n) is 1.79. The molecule has 0 radical (unpaired) electrons. The van der Waals surface area contributed by atoms with Crippen LogP contribution < -0.4 is 0 Å². The highest BCUT2D eigenvalue weighted by molar-refractivity contribution is 5.93. The van der Waals surface area contributed by atoms with Gasteiger partial charge in [0.2, 0.25) is 0 Å². The normalized spacial score (nSPS) is 10.2. The van der Waals surface area contributed by atoms with Gasteiger partial charge in [-0.05, 0) is 12.1 Å². The van der Waals surface area contributed by atoms with Crippen LogP contribution in [-0.2, 0) is 0 Å². The van der Waals surface area contributed by atoms with E-state index in [1.807, 2.05) is 0 Å². The predicted octanol–water partition coefficient (Wildman–Crippen LogP) is 1.33. The van der Waals surface area contributed by atoms with Crippen molar-refractivity contribution >= 4 is 16.7 Å². The van der Waals surface area contributed by atoms with E-state index in [1.54, 1.807) is 30.6 Å². The van der Waals surface area contributed by atoms with Crippen molar-refractivity contribution in [1.29, 1.82) is 0 Å². The molecule has 1 heterocycles. The van der Waals surface area contributed by atoms with Gasteiger partial charge >= 0.3 is 5.97 Å². The van der Waals surface area contributed by atoms with Gasteiger partial charge in [0, 0.05) is 10.8 Å². The van der Waals surface area contributed by atoms with Crippen molar-refractivity contribution in [3.63, 3.8) is 0 Å². The number of rotatable bonds is 1. The first kappa shape index (κ1) is 7.67. The Morgan fingerprint density at radius 1 is 1.15 bits per heavy atom. The van der Waals surface area contributed by atoms with E-state index in [-0.39, 0.29) is 5.56 Å². The van der Waals surface area contributed by atoms with Crippen LogP contribution in [0.5, 0.6) is 0 Å². The second-order valence-electron chi connectivity index (χ2n) is 2.64. The van der Waals surface area contributed by atoms with Crippen molar-refractivity contribution in [2.75, 3.05) is 0 Å². The molecule has 13 heavy (non-hydrogen) atoms. The maximum atomic E-state index is 10.6. The largest absolute Gasteiger partial charge is 0.478 e. The fraction of sp³-hybridized carbons (Fsp3) is 0. The number of fused-ring (bicyclic) bond motifs is 1. The Labute approximate surface area is 73.8 Å². The molecule has 4 nitrogen and oxygen atoms in total. The van der Waals surface area contributed by atoms with Gasteiger partial charge in [0.15, 0.2) is 0 Å². The van der Waals surface area contributed by atoms with Crippen LogP contribution in [0.1, 0.15) is 10.4 Å². The van der Waals surface area contributed by atoms with Crippen LogP contribution in [0.25, 0.3) is 10.8 Å². The van der Waals surface area contributed by atoms with Crippen molar-refractivity contribution in [2.24, 2.45) is 0 Å². The van der Waals surface area contributed by atoms with Crippen molar-refractivity contribution in [3.05, 3.63) is 36.2 Å². The second kappa shape index (κ2) is 2.82. The predicted molar refractivity (Wildman–Crippen MR) is 46.5 cm³/mol. The Morgan fingerprint density at radius 3 is 2.54 bits per heavy atom. The Balaban J connectivity index is 2.69. The van der Waals surface area contributed by atoms with Crippen molar-refractivity contribution in [3.8, 4) is 0 Å². The third-order valence-corrected chi connectivity index (χ3v) is 1.79. The van der Waals surface area contributed by atoms with E-state index >= 15 is 0 Å². The molecule has 0 saturated heterocycles. The zero-order chi connectivity index (χ0) is 9.26. The van der Waals surface area contributed by atoms with E-state index in [0.717, 1.165) is 10.8 Å². The lowest BCUT2D eigenvalue weighted by atomic mass is 10.1. The molecule has 0 aliphatic rings. The first-order valence-electron chi connectivity index (χ1n) is 3.71. The summed E-state index contributed by atoms with van der Waals surface area (Å²) in [6.07, 6.45) is 3.14. The lowest BCUT2D eigenvalue weighted by Crippen LogP contribution is -1.95. The smallest absolute Gasteiger partial charge is 0.335 e. The van der Waals surface area contributed by atoms with Gasteiger partial charge < -0.3 is 5.11 Å². The highest BCUT2D eigenvalue weighted by Gasteiger charge is 2.02. The average molecular weight is 174 g/mol. The minimum atomic E-state index is -0.932. The van der Waals surface area contributed by atoms with Gasteiger partial charge in [-0.25, -0.2) is 4.79 Å². The first-order valence-corrected chi connectivity index (χ1v) is 3.71. The molecular weight excluding hydrogens is 168 g/mol. The molecule has 1 aromatic heterocycles. The molecule has 0 aliphatic heterocycles. The lowest BCUT2D eigenvalue weighted by Gasteiger charge is -1.96. The maximum Gasteiger partial charge on any atom is 0.335 e. The lowest BCUT2D eigenvalue weighted by molar-refractivity contribution is 0.0697. The van der Waals surface area contributed by atoms with Gasteiger partial charge in [0.05, 0.1) is 18.0 Å². The molecule has 4 heteroatoms. The number of aromatic nitrogens is 2. The highest BCUT2D eigenvalue weighted by Crippen LogP contribution is 2.13. The summed E-state index contributed by atoms with van der Waals surface area (Å²) in [5.41, 5.74) is 0.264. The topological polar surface area (TPSA) is 63.1 Å². The molecule has 0 atom stereocenters. The van der Waals surface area contributed by atoms with Gasteiger partial charge in [-0.3, -0.25) is 0 Å². The molecule has 0 saturated carbocycles. The number of aromatic carboxylic acids is 1. The van der Waals surface area contributed by atoms with E-state index in [0.29, 0.717) is 0 Å². The van der Waals surface area contributed by atoms with Gasteiger partial charge in [0.1, 0.15) is 0 Å². The Bertz CT molecular complexity index is 468. The van der Waals surface area contributed by atoms with Crippen molar-refractivity contribution in [1.82, 2.24) is 10.2 Å². The second-order valence-corrected chi connectivity index (χ2v) is 2.64. The van der Waals surface area contributed by atoms with E-state index < -0.39 is 5.97 Å². The average Bonchev–Trinajstić information content (AvgIpc) is 2.17. The van der Waals surface area contributed by atoms with E-state index in [9.17, 15) is 4.79 Å². The number of carbonyl (C=O) groups is 1. The third kappa shape index (κ3) is 1.33. The van der Waals surface area contributed by atoms with E-state index in [2.05, 4.69) is 10.2 Å². The molecule has 0 unspecified atom stereocenters. The highest BCUT2D eigenvalue weighted by atomic mass is 16.4.